The van der Waals surface area contributed by atoms with Gasteiger partial charge in [-0.15, -0.1) is 11.3 Å². The molecule has 0 saturated carbocycles. The normalized spacial score (nSPS) is 10.4. The van der Waals surface area contributed by atoms with E-state index in [1.165, 1.54) is 23.5 Å². The summed E-state index contributed by atoms with van der Waals surface area (Å²) in [6, 6.07) is 6.44. The highest BCUT2D eigenvalue weighted by molar-refractivity contribution is 7.17. The van der Waals surface area contributed by atoms with Crippen molar-refractivity contribution < 1.29 is 9.18 Å². The molecule has 2 rings (SSSR count). The fourth-order valence-electron chi connectivity index (χ4n) is 1.27. The number of hydrogen-bond acceptors (Lipinski definition) is 2. The average Bonchev–Trinajstić information content (AvgIpc) is 2.73. The van der Waals surface area contributed by atoms with E-state index in [4.69, 9.17) is 23.2 Å². The number of hydrogen-bond donors (Lipinski definition) is 0. The third-order valence-corrected chi connectivity index (χ3v) is 3.62. The molecule has 1 heterocycles. The Morgan fingerprint density at radius 3 is 2.31 bits per heavy atom. The molecule has 2 aromatic rings. The molecule has 0 aliphatic heterocycles. The van der Waals surface area contributed by atoms with Gasteiger partial charge >= 0.3 is 0 Å². The first-order chi connectivity index (χ1) is 7.61. The van der Waals surface area contributed by atoms with E-state index in [0.717, 1.165) is 11.2 Å². The highest BCUT2D eigenvalue weighted by atomic mass is 35.5. The van der Waals surface area contributed by atoms with Crippen LogP contribution in [0.4, 0.5) is 4.39 Å². The van der Waals surface area contributed by atoms with Gasteiger partial charge < -0.3 is 0 Å². The van der Waals surface area contributed by atoms with Gasteiger partial charge in [0.25, 0.3) is 0 Å². The fourth-order valence-corrected chi connectivity index (χ4v) is 2.57. The van der Waals surface area contributed by atoms with Gasteiger partial charge in [0, 0.05) is 4.88 Å². The number of halogens is 3. The van der Waals surface area contributed by atoms with E-state index in [9.17, 15) is 9.18 Å². The van der Waals surface area contributed by atoms with Gasteiger partial charge in [0.05, 0.1) is 14.9 Å². The topological polar surface area (TPSA) is 17.1 Å². The largest absolute Gasteiger partial charge is 0.297 e. The Kier molecular flexibility index (Phi) is 3.28. The van der Waals surface area contributed by atoms with Gasteiger partial charge in [-0.25, -0.2) is 4.39 Å². The summed E-state index contributed by atoms with van der Waals surface area (Å²) in [5.41, 5.74) is 0.703. The molecule has 0 amide bonds. The number of carbonyl (C=O) groups is 1. The minimum atomic E-state index is -0.626. The van der Waals surface area contributed by atoms with Crippen molar-refractivity contribution in [3.05, 3.63) is 45.0 Å². The van der Waals surface area contributed by atoms with Crippen molar-refractivity contribution in [3.8, 4) is 10.4 Å². The number of rotatable bonds is 2. The lowest BCUT2D eigenvalue weighted by Crippen LogP contribution is -1.81. The van der Waals surface area contributed by atoms with Crippen molar-refractivity contribution >= 4 is 40.8 Å². The second kappa shape index (κ2) is 4.53. The quantitative estimate of drug-likeness (QED) is 0.574. The molecule has 1 aromatic heterocycles. The molecular formula is C11H5Cl2FOS. The fraction of sp³-hybridized carbons (Fsp3) is 0. The van der Waals surface area contributed by atoms with Crippen LogP contribution in [-0.2, 0) is 0 Å². The maximum atomic E-state index is 13.2. The molecule has 0 aliphatic rings. The molecule has 0 N–H and O–H groups in total. The van der Waals surface area contributed by atoms with Crippen LogP contribution < -0.4 is 0 Å². The van der Waals surface area contributed by atoms with Gasteiger partial charge in [0.1, 0.15) is 0 Å². The smallest absolute Gasteiger partial charge is 0.160 e. The summed E-state index contributed by atoms with van der Waals surface area (Å²) < 4.78 is 13.2. The van der Waals surface area contributed by atoms with E-state index in [-0.39, 0.29) is 10.0 Å². The molecule has 0 bridgehead atoms. The maximum absolute atomic E-state index is 13.2. The highest BCUT2D eigenvalue weighted by Gasteiger charge is 2.10. The van der Waals surface area contributed by atoms with Crippen LogP contribution in [0.15, 0.2) is 24.3 Å². The zero-order valence-corrected chi connectivity index (χ0v) is 10.2. The lowest BCUT2D eigenvalue weighted by Gasteiger charge is -2.01. The van der Waals surface area contributed by atoms with Crippen molar-refractivity contribution in [2.24, 2.45) is 0 Å². The number of carbonyl (C=O) groups excluding carboxylic acids is 1. The van der Waals surface area contributed by atoms with E-state index >= 15 is 0 Å². The second-order valence-electron chi connectivity index (χ2n) is 3.07. The summed E-state index contributed by atoms with van der Waals surface area (Å²) in [6.45, 7) is 0. The number of benzene rings is 1. The lowest BCUT2D eigenvalue weighted by molar-refractivity contribution is 0.112. The molecule has 82 valence electrons. The minimum absolute atomic E-state index is 0.0245. The molecule has 0 fully saturated rings. The Morgan fingerprint density at radius 2 is 1.81 bits per heavy atom. The van der Waals surface area contributed by atoms with E-state index in [1.54, 1.807) is 12.1 Å². The second-order valence-corrected chi connectivity index (χ2v) is 5.00. The highest BCUT2D eigenvalue weighted by Crippen LogP contribution is 2.33. The predicted molar refractivity (Wildman–Crippen MR) is 65.1 cm³/mol. The Morgan fingerprint density at radius 1 is 1.19 bits per heavy atom. The Bertz CT molecular complexity index is 528. The summed E-state index contributed by atoms with van der Waals surface area (Å²) in [5.74, 6) is -0.626. The van der Waals surface area contributed by atoms with Crippen LogP contribution in [0, 0.1) is 5.82 Å². The van der Waals surface area contributed by atoms with Crippen molar-refractivity contribution in [3.63, 3.8) is 0 Å². The van der Waals surface area contributed by atoms with E-state index in [2.05, 4.69) is 0 Å². The molecule has 16 heavy (non-hydrogen) atoms. The van der Waals surface area contributed by atoms with Crippen LogP contribution in [0.5, 0.6) is 0 Å². The average molecular weight is 275 g/mol. The molecule has 1 aromatic carbocycles. The first-order valence-corrected chi connectivity index (χ1v) is 5.89. The minimum Gasteiger partial charge on any atom is -0.297 e. The van der Waals surface area contributed by atoms with Gasteiger partial charge in [0.2, 0.25) is 0 Å². The Balaban J connectivity index is 2.52. The van der Waals surface area contributed by atoms with Gasteiger partial charge in [-0.3, -0.25) is 4.79 Å². The molecule has 0 atom stereocenters. The summed E-state index contributed by atoms with van der Waals surface area (Å²) in [4.78, 5) is 12.0. The van der Waals surface area contributed by atoms with Crippen LogP contribution in [-0.4, -0.2) is 6.29 Å². The molecule has 0 unspecified atom stereocenters. The van der Waals surface area contributed by atoms with Crippen LogP contribution in [0.25, 0.3) is 10.4 Å². The molecule has 0 radical (unpaired) electrons. The van der Waals surface area contributed by atoms with Crippen molar-refractivity contribution in [2.45, 2.75) is 0 Å². The molecule has 0 aliphatic carbocycles. The third kappa shape index (κ3) is 2.12. The summed E-state index contributed by atoms with van der Waals surface area (Å²) in [5, 5.41) is -0.0490. The monoisotopic (exact) mass is 274 g/mol. The van der Waals surface area contributed by atoms with Crippen LogP contribution in [0.1, 0.15) is 9.67 Å². The number of aldehydes is 1. The number of thiophene rings is 1. The Labute approximate surface area is 105 Å². The SMILES string of the molecule is O=Cc1ccc(-c2cc(Cl)c(F)c(Cl)c2)s1. The van der Waals surface area contributed by atoms with Crippen molar-refractivity contribution in [1.29, 1.82) is 0 Å². The molecule has 1 nitrogen and oxygen atoms in total. The van der Waals surface area contributed by atoms with Crippen LogP contribution >= 0.6 is 34.5 Å². The summed E-state index contributed by atoms with van der Waals surface area (Å²) >= 11 is 12.7. The third-order valence-electron chi connectivity index (χ3n) is 2.01. The van der Waals surface area contributed by atoms with E-state index in [1.807, 2.05) is 0 Å². The van der Waals surface area contributed by atoms with Gasteiger partial charge in [0.15, 0.2) is 12.1 Å². The molecular weight excluding hydrogens is 270 g/mol. The van der Waals surface area contributed by atoms with Crippen LogP contribution in [0.3, 0.4) is 0 Å². The summed E-state index contributed by atoms with van der Waals surface area (Å²) in [7, 11) is 0. The van der Waals surface area contributed by atoms with Gasteiger partial charge in [-0.2, -0.15) is 0 Å². The predicted octanol–water partition coefficient (Wildman–Crippen LogP) is 4.67. The molecule has 5 heteroatoms. The van der Waals surface area contributed by atoms with Crippen molar-refractivity contribution in [2.75, 3.05) is 0 Å². The van der Waals surface area contributed by atoms with Gasteiger partial charge in [-0.1, -0.05) is 23.2 Å². The first kappa shape index (κ1) is 11.6. The molecule has 0 saturated heterocycles. The lowest BCUT2D eigenvalue weighted by atomic mass is 10.2. The zero-order chi connectivity index (χ0) is 11.7. The first-order valence-electron chi connectivity index (χ1n) is 4.31. The summed E-state index contributed by atoms with van der Waals surface area (Å²) in [6.07, 6.45) is 0.765. The van der Waals surface area contributed by atoms with E-state index in [0.29, 0.717) is 10.4 Å². The van der Waals surface area contributed by atoms with Gasteiger partial charge in [-0.05, 0) is 29.8 Å². The zero-order valence-electron chi connectivity index (χ0n) is 7.84. The maximum Gasteiger partial charge on any atom is 0.160 e. The Hall–Kier alpha value is -0.900. The van der Waals surface area contributed by atoms with Crippen LogP contribution in [0.2, 0.25) is 10.0 Å². The molecule has 0 spiro atoms. The van der Waals surface area contributed by atoms with Crippen molar-refractivity contribution in [1.82, 2.24) is 0 Å². The van der Waals surface area contributed by atoms with E-state index < -0.39 is 5.82 Å². The standard InChI is InChI=1S/C11H5Cl2FOS/c12-8-3-6(4-9(13)11(8)14)10-2-1-7(5-15)16-10/h1-5H.